The summed E-state index contributed by atoms with van der Waals surface area (Å²) in [6, 6.07) is 19.2. The van der Waals surface area contributed by atoms with Crippen molar-refractivity contribution < 1.29 is 4.42 Å². The van der Waals surface area contributed by atoms with Gasteiger partial charge in [0.15, 0.2) is 0 Å². The Hall–Kier alpha value is -3.69. The molecule has 0 bridgehead atoms. The molecule has 0 saturated carbocycles. The van der Waals surface area contributed by atoms with Crippen LogP contribution in [0.1, 0.15) is 17.5 Å². The Labute approximate surface area is 171 Å². The number of allylic oxidation sites excluding steroid dienone is 1. The maximum Gasteiger partial charge on any atom is 0.345 e. The molecule has 5 nitrogen and oxygen atoms in total. The Bertz CT molecular complexity index is 1310. The van der Waals surface area contributed by atoms with Crippen LogP contribution in [0, 0.1) is 11.3 Å². The van der Waals surface area contributed by atoms with Gasteiger partial charge in [-0.2, -0.15) is 5.26 Å². The predicted octanol–water partition coefficient (Wildman–Crippen LogP) is 5.46. The van der Waals surface area contributed by atoms with Crippen molar-refractivity contribution in [2.45, 2.75) is 13.3 Å². The first-order valence-electron chi connectivity index (χ1n) is 9.13. The number of aromatic nitrogens is 1. The first kappa shape index (κ1) is 18.7. The first-order chi connectivity index (χ1) is 14.2. The van der Waals surface area contributed by atoms with E-state index in [2.05, 4.69) is 23.3 Å². The van der Waals surface area contributed by atoms with Crippen LogP contribution < -0.4 is 10.9 Å². The molecule has 6 heteroatoms. The number of nitrogens with one attached hydrogen (secondary N) is 1. The maximum atomic E-state index is 12.4. The molecule has 0 radical (unpaired) electrons. The van der Waals surface area contributed by atoms with Crippen molar-refractivity contribution in [3.63, 3.8) is 0 Å². The molecular weight excluding hydrogens is 382 g/mol. The summed E-state index contributed by atoms with van der Waals surface area (Å²) in [7, 11) is 0. The summed E-state index contributed by atoms with van der Waals surface area (Å²) in [6.07, 6.45) is 2.54. The molecule has 2 aromatic heterocycles. The van der Waals surface area contributed by atoms with Crippen LogP contribution >= 0.6 is 11.3 Å². The topological polar surface area (TPSA) is 78.9 Å². The lowest BCUT2D eigenvalue weighted by Gasteiger charge is -2.07. The maximum absolute atomic E-state index is 12.4. The lowest BCUT2D eigenvalue weighted by atomic mass is 10.1. The zero-order valence-corrected chi connectivity index (χ0v) is 16.5. The molecule has 0 aliphatic heterocycles. The van der Waals surface area contributed by atoms with Crippen LogP contribution in [-0.2, 0) is 6.42 Å². The number of rotatable bonds is 5. The number of fused-ring (bicyclic) bond motifs is 1. The van der Waals surface area contributed by atoms with Crippen molar-refractivity contribution in [1.29, 1.82) is 5.26 Å². The lowest BCUT2D eigenvalue weighted by molar-refractivity contribution is 0.563. The molecule has 0 fully saturated rings. The number of thiazole rings is 1. The number of aryl methyl sites for hydroxylation is 1. The van der Waals surface area contributed by atoms with Crippen molar-refractivity contribution in [2.24, 2.45) is 0 Å². The van der Waals surface area contributed by atoms with E-state index in [9.17, 15) is 10.1 Å². The molecule has 0 unspecified atom stereocenters. The molecule has 0 saturated heterocycles. The van der Waals surface area contributed by atoms with Crippen LogP contribution in [-0.4, -0.2) is 4.98 Å². The summed E-state index contributed by atoms with van der Waals surface area (Å²) in [5.41, 5.74) is 3.49. The summed E-state index contributed by atoms with van der Waals surface area (Å²) in [4.78, 5) is 16.9. The third kappa shape index (κ3) is 3.82. The van der Waals surface area contributed by atoms with Crippen LogP contribution in [0.15, 0.2) is 75.4 Å². The van der Waals surface area contributed by atoms with Gasteiger partial charge in [-0.05, 0) is 30.2 Å². The Kier molecular flexibility index (Phi) is 5.23. The van der Waals surface area contributed by atoms with Gasteiger partial charge < -0.3 is 9.73 Å². The fraction of sp³-hybridized carbons (Fsp3) is 0.0870. The molecule has 29 heavy (non-hydrogen) atoms. The Morgan fingerprint density at radius 2 is 2.03 bits per heavy atom. The molecule has 0 aliphatic rings. The van der Waals surface area contributed by atoms with Crippen LogP contribution in [0.3, 0.4) is 0 Å². The minimum absolute atomic E-state index is 0.382. The lowest BCUT2D eigenvalue weighted by Crippen LogP contribution is -2.03. The van der Waals surface area contributed by atoms with Crippen LogP contribution in [0.2, 0.25) is 0 Å². The highest BCUT2D eigenvalue weighted by Crippen LogP contribution is 2.26. The van der Waals surface area contributed by atoms with Crippen molar-refractivity contribution in [1.82, 2.24) is 4.98 Å². The largest absolute Gasteiger partial charge is 0.422 e. The number of benzene rings is 2. The SMILES string of the molecule is CCc1ccccc1N/C=C(\C#N)c1nc(-c2cc3ccccc3oc2=O)cs1. The summed E-state index contributed by atoms with van der Waals surface area (Å²) < 4.78 is 5.39. The highest BCUT2D eigenvalue weighted by atomic mass is 32.1. The van der Waals surface area contributed by atoms with E-state index >= 15 is 0 Å². The van der Waals surface area contributed by atoms with E-state index in [1.165, 1.54) is 11.3 Å². The second-order valence-corrected chi connectivity index (χ2v) is 7.21. The van der Waals surface area contributed by atoms with Crippen molar-refractivity contribution in [3.05, 3.63) is 87.2 Å². The minimum Gasteiger partial charge on any atom is -0.422 e. The van der Waals surface area contributed by atoms with Gasteiger partial charge in [-0.1, -0.05) is 43.3 Å². The number of para-hydroxylation sites is 2. The van der Waals surface area contributed by atoms with E-state index in [-0.39, 0.29) is 0 Å². The van der Waals surface area contributed by atoms with Gasteiger partial charge in [0.1, 0.15) is 22.2 Å². The molecule has 0 aliphatic carbocycles. The number of anilines is 1. The molecular formula is C23H17N3O2S. The molecule has 1 N–H and O–H groups in total. The molecule has 0 amide bonds. The molecule has 4 aromatic rings. The monoisotopic (exact) mass is 399 g/mol. The minimum atomic E-state index is -0.446. The number of nitrogens with zero attached hydrogens (tertiary/aromatic N) is 2. The van der Waals surface area contributed by atoms with Crippen LogP contribution in [0.5, 0.6) is 0 Å². The molecule has 0 atom stereocenters. The summed E-state index contributed by atoms with van der Waals surface area (Å²) in [6.45, 7) is 2.08. The van der Waals surface area contributed by atoms with Crippen molar-refractivity contribution >= 4 is 33.6 Å². The van der Waals surface area contributed by atoms with Gasteiger partial charge in [-0.15, -0.1) is 11.3 Å². The van der Waals surface area contributed by atoms with Crippen LogP contribution in [0.4, 0.5) is 5.69 Å². The van der Waals surface area contributed by atoms with Gasteiger partial charge in [-0.25, -0.2) is 9.78 Å². The quantitative estimate of drug-likeness (QED) is 0.356. The van der Waals surface area contributed by atoms with E-state index in [1.54, 1.807) is 23.7 Å². The third-order valence-corrected chi connectivity index (χ3v) is 5.42. The molecule has 2 aromatic carbocycles. The fourth-order valence-electron chi connectivity index (χ4n) is 3.02. The van der Waals surface area contributed by atoms with Crippen LogP contribution in [0.25, 0.3) is 27.8 Å². The van der Waals surface area contributed by atoms with Crippen molar-refractivity contribution in [3.8, 4) is 17.3 Å². The molecule has 4 rings (SSSR count). The van der Waals surface area contributed by atoms with E-state index in [1.807, 2.05) is 42.5 Å². The highest BCUT2D eigenvalue weighted by Gasteiger charge is 2.13. The third-order valence-electron chi connectivity index (χ3n) is 4.54. The van der Waals surface area contributed by atoms with Gasteiger partial charge in [-0.3, -0.25) is 0 Å². The zero-order chi connectivity index (χ0) is 20.2. The number of hydrogen-bond donors (Lipinski definition) is 1. The van der Waals surface area contributed by atoms with Crippen molar-refractivity contribution in [2.75, 3.05) is 5.32 Å². The predicted molar refractivity (Wildman–Crippen MR) is 117 cm³/mol. The van der Waals surface area contributed by atoms with E-state index in [0.29, 0.717) is 27.4 Å². The van der Waals surface area contributed by atoms with E-state index < -0.39 is 5.63 Å². The van der Waals surface area contributed by atoms with E-state index in [4.69, 9.17) is 4.42 Å². The Morgan fingerprint density at radius 1 is 1.24 bits per heavy atom. The van der Waals surface area contributed by atoms with Gasteiger partial charge in [0, 0.05) is 22.7 Å². The number of hydrogen-bond acceptors (Lipinski definition) is 6. The molecule has 2 heterocycles. The first-order valence-corrected chi connectivity index (χ1v) is 10.0. The second kappa shape index (κ2) is 8.13. The smallest absolute Gasteiger partial charge is 0.345 e. The zero-order valence-electron chi connectivity index (χ0n) is 15.7. The normalized spacial score (nSPS) is 11.4. The fourth-order valence-corrected chi connectivity index (χ4v) is 3.81. The molecule has 0 spiro atoms. The van der Waals surface area contributed by atoms with Gasteiger partial charge in [0.2, 0.25) is 0 Å². The second-order valence-electron chi connectivity index (χ2n) is 6.35. The average Bonchev–Trinajstić information content (AvgIpc) is 3.23. The average molecular weight is 399 g/mol. The van der Waals surface area contributed by atoms with Gasteiger partial charge >= 0.3 is 5.63 Å². The Morgan fingerprint density at radius 3 is 2.86 bits per heavy atom. The highest BCUT2D eigenvalue weighted by molar-refractivity contribution is 7.11. The Balaban J connectivity index is 1.66. The number of nitriles is 1. The summed E-state index contributed by atoms with van der Waals surface area (Å²) >= 11 is 1.31. The summed E-state index contributed by atoms with van der Waals surface area (Å²) in [5, 5.41) is 15.9. The summed E-state index contributed by atoms with van der Waals surface area (Å²) in [5.74, 6) is 0. The standard InChI is InChI=1S/C23H17N3O2S/c1-2-15-7-3-5-9-19(15)25-13-17(12-24)22-26-20(14-29-22)18-11-16-8-4-6-10-21(16)28-23(18)27/h3-11,13-14,25H,2H2,1H3/b17-13+. The van der Waals surface area contributed by atoms with Gasteiger partial charge in [0.25, 0.3) is 0 Å². The molecule has 142 valence electrons. The van der Waals surface area contributed by atoms with Gasteiger partial charge in [0.05, 0.1) is 11.3 Å². The van der Waals surface area contributed by atoms with E-state index in [0.717, 1.165) is 23.1 Å².